The molecule has 0 spiro atoms. The van der Waals surface area contributed by atoms with Gasteiger partial charge in [-0.2, -0.15) is 0 Å². The van der Waals surface area contributed by atoms with Crippen molar-refractivity contribution in [2.75, 3.05) is 0 Å². The molecule has 24 heavy (non-hydrogen) atoms. The summed E-state index contributed by atoms with van der Waals surface area (Å²) in [4.78, 5) is 18.4. The van der Waals surface area contributed by atoms with Crippen LogP contribution in [-0.4, -0.2) is 31.2 Å². The van der Waals surface area contributed by atoms with Gasteiger partial charge in [0.05, 0.1) is 20.2 Å². The van der Waals surface area contributed by atoms with Crippen LogP contribution in [0.15, 0.2) is 30.3 Å². The zero-order valence-corrected chi connectivity index (χ0v) is 15.9. The highest BCUT2D eigenvalue weighted by Crippen LogP contribution is 2.46. The third kappa shape index (κ3) is 2.95. The molecule has 5 rings (SSSR count). The summed E-state index contributed by atoms with van der Waals surface area (Å²) in [6.45, 7) is 4.97. The van der Waals surface area contributed by atoms with Crippen LogP contribution in [0.2, 0.25) is 19.1 Å². The third-order valence-corrected chi connectivity index (χ3v) is 9.97. The first-order valence-corrected chi connectivity index (χ1v) is 12.8. The number of amides is 1. The molecule has 1 aliphatic carbocycles. The molecule has 0 N–H and O–H groups in total. The number of hydrogen-bond donors (Lipinski definition) is 0. The summed E-state index contributed by atoms with van der Waals surface area (Å²) in [6.07, 6.45) is 6.80. The quantitative estimate of drug-likeness (QED) is 0.780. The van der Waals surface area contributed by atoms with Crippen molar-refractivity contribution in [2.45, 2.75) is 69.8 Å². The molecule has 1 amide bonds. The molecule has 0 radical (unpaired) electrons. The lowest BCUT2D eigenvalue weighted by atomic mass is 9.72. The summed E-state index contributed by atoms with van der Waals surface area (Å²) in [6, 6.07) is 12.7. The molecule has 3 nitrogen and oxygen atoms in total. The van der Waals surface area contributed by atoms with Crippen LogP contribution < -0.4 is 5.19 Å². The van der Waals surface area contributed by atoms with Crippen molar-refractivity contribution in [3.63, 3.8) is 0 Å². The zero-order valence-electron chi connectivity index (χ0n) is 14.9. The van der Waals surface area contributed by atoms with Gasteiger partial charge in [-0.05, 0) is 37.5 Å². The number of fused-ring (bicyclic) bond motifs is 1. The fourth-order valence-corrected chi connectivity index (χ4v) is 7.62. The molecular formula is C20H29NO2Si. The first-order valence-electron chi connectivity index (χ1n) is 9.59. The topological polar surface area (TPSA) is 29.5 Å². The molecular weight excluding hydrogens is 314 g/mol. The second-order valence-corrected chi connectivity index (χ2v) is 13.5. The fourth-order valence-electron chi connectivity index (χ4n) is 5.14. The van der Waals surface area contributed by atoms with Crippen molar-refractivity contribution in [3.8, 4) is 0 Å². The maximum Gasteiger partial charge on any atom is 0.246 e. The highest BCUT2D eigenvalue weighted by atomic mass is 28.3. The summed E-state index contributed by atoms with van der Waals surface area (Å²) < 4.78 is 0. The van der Waals surface area contributed by atoms with Crippen LogP contribution in [0.5, 0.6) is 0 Å². The average Bonchev–Trinajstić information content (AvgIpc) is 2.71. The molecule has 3 saturated heterocycles. The normalized spacial score (nSPS) is 32.8. The standard InChI is InChI=1S/C20H29NO2Si/c1-24(2,18-8-4-3-5-9-18)12-11-16-14-17-13-15-7-6-10-19(22)21(23-17)20(15)16/h3-5,8-9,15-17,20H,6-7,10-14H2,1-2H3/t15-,16?,17-,20?/m1/s1. The van der Waals surface area contributed by atoms with Crippen molar-refractivity contribution in [3.05, 3.63) is 30.3 Å². The lowest BCUT2D eigenvalue weighted by Gasteiger charge is -2.52. The number of hydrogen-bond acceptors (Lipinski definition) is 2. The van der Waals surface area contributed by atoms with Gasteiger partial charge in [0, 0.05) is 6.42 Å². The van der Waals surface area contributed by atoms with Crippen molar-refractivity contribution < 1.29 is 9.63 Å². The summed E-state index contributed by atoms with van der Waals surface area (Å²) in [5.41, 5.74) is 0. The Morgan fingerprint density at radius 1 is 1.21 bits per heavy atom. The first kappa shape index (κ1) is 16.3. The van der Waals surface area contributed by atoms with E-state index in [1.807, 2.05) is 5.06 Å². The number of nitrogens with zero attached hydrogens (tertiary/aromatic N) is 1. The molecule has 0 aromatic heterocycles. The van der Waals surface area contributed by atoms with Gasteiger partial charge in [0.25, 0.3) is 0 Å². The Bertz CT molecular complexity index is 603. The van der Waals surface area contributed by atoms with E-state index in [2.05, 4.69) is 43.4 Å². The van der Waals surface area contributed by atoms with Gasteiger partial charge < -0.3 is 0 Å². The monoisotopic (exact) mass is 343 g/mol. The van der Waals surface area contributed by atoms with Crippen LogP contribution in [0.3, 0.4) is 0 Å². The van der Waals surface area contributed by atoms with Crippen molar-refractivity contribution in [1.29, 1.82) is 0 Å². The average molecular weight is 344 g/mol. The molecule has 1 aromatic rings. The van der Waals surface area contributed by atoms with Crippen LogP contribution >= 0.6 is 0 Å². The Morgan fingerprint density at radius 2 is 2.00 bits per heavy atom. The minimum atomic E-state index is -1.40. The minimum Gasteiger partial charge on any atom is -0.273 e. The van der Waals surface area contributed by atoms with Gasteiger partial charge in [-0.1, -0.05) is 61.1 Å². The highest BCUT2D eigenvalue weighted by Gasteiger charge is 2.50. The number of carbonyl (C=O) groups is 1. The molecule has 3 heterocycles. The van der Waals surface area contributed by atoms with E-state index < -0.39 is 8.07 Å². The van der Waals surface area contributed by atoms with Gasteiger partial charge in [0.2, 0.25) is 5.91 Å². The van der Waals surface area contributed by atoms with Gasteiger partial charge in [0.1, 0.15) is 0 Å². The molecule has 4 bridgehead atoms. The van der Waals surface area contributed by atoms with E-state index in [0.29, 0.717) is 24.3 Å². The minimum absolute atomic E-state index is 0.233. The van der Waals surface area contributed by atoms with Gasteiger partial charge in [-0.3, -0.25) is 9.63 Å². The molecule has 2 unspecified atom stereocenters. The molecule has 1 saturated carbocycles. The van der Waals surface area contributed by atoms with E-state index in [1.165, 1.54) is 25.3 Å². The molecule has 3 aliphatic heterocycles. The number of hydroxylamine groups is 2. The van der Waals surface area contributed by atoms with Gasteiger partial charge in [0.15, 0.2) is 0 Å². The van der Waals surface area contributed by atoms with Gasteiger partial charge in [-0.15, -0.1) is 0 Å². The van der Waals surface area contributed by atoms with Crippen molar-refractivity contribution in [1.82, 2.24) is 5.06 Å². The van der Waals surface area contributed by atoms with Crippen LogP contribution in [0, 0.1) is 11.8 Å². The molecule has 4 fully saturated rings. The molecule has 1 aromatic carbocycles. The predicted molar refractivity (Wildman–Crippen MR) is 98.6 cm³/mol. The highest BCUT2D eigenvalue weighted by molar-refractivity contribution is 6.89. The van der Waals surface area contributed by atoms with Gasteiger partial charge >= 0.3 is 0 Å². The first-order chi connectivity index (χ1) is 11.5. The molecule has 4 heteroatoms. The van der Waals surface area contributed by atoms with Crippen molar-refractivity contribution >= 4 is 19.2 Å². The Kier molecular flexibility index (Phi) is 4.29. The van der Waals surface area contributed by atoms with E-state index in [4.69, 9.17) is 4.84 Å². The maximum atomic E-state index is 12.4. The lowest BCUT2D eigenvalue weighted by molar-refractivity contribution is -0.289. The second kappa shape index (κ2) is 6.30. The van der Waals surface area contributed by atoms with Crippen LogP contribution in [-0.2, 0) is 9.63 Å². The van der Waals surface area contributed by atoms with E-state index in [-0.39, 0.29) is 12.0 Å². The lowest BCUT2D eigenvalue weighted by Crippen LogP contribution is -2.59. The third-order valence-electron chi connectivity index (χ3n) is 6.54. The number of rotatable bonds is 4. The Labute approximate surface area is 146 Å². The molecule has 4 atom stereocenters. The van der Waals surface area contributed by atoms with E-state index >= 15 is 0 Å². The summed E-state index contributed by atoms with van der Waals surface area (Å²) >= 11 is 0. The zero-order chi connectivity index (χ0) is 16.7. The Hall–Kier alpha value is -1.13. The molecule has 4 aliphatic rings. The number of benzene rings is 1. The maximum absolute atomic E-state index is 12.4. The van der Waals surface area contributed by atoms with Crippen LogP contribution in [0.1, 0.15) is 38.5 Å². The van der Waals surface area contributed by atoms with E-state index in [1.54, 1.807) is 5.19 Å². The Balaban J connectivity index is 1.48. The van der Waals surface area contributed by atoms with Gasteiger partial charge in [-0.25, -0.2) is 5.06 Å². The smallest absolute Gasteiger partial charge is 0.246 e. The van der Waals surface area contributed by atoms with Crippen LogP contribution in [0.4, 0.5) is 0 Å². The predicted octanol–water partition coefficient (Wildman–Crippen LogP) is 3.71. The van der Waals surface area contributed by atoms with E-state index in [9.17, 15) is 4.79 Å². The molecule has 130 valence electrons. The fraction of sp³-hybridized carbons (Fsp3) is 0.650. The summed E-state index contributed by atoms with van der Waals surface area (Å²) in [5, 5.41) is 3.37. The van der Waals surface area contributed by atoms with Crippen LogP contribution in [0.25, 0.3) is 0 Å². The largest absolute Gasteiger partial charge is 0.273 e. The van der Waals surface area contributed by atoms with Crippen molar-refractivity contribution in [2.24, 2.45) is 11.8 Å². The Morgan fingerprint density at radius 3 is 2.79 bits per heavy atom. The number of carbonyl (C=O) groups excluding carboxylic acids is 1. The summed E-state index contributed by atoms with van der Waals surface area (Å²) in [7, 11) is -1.40. The second-order valence-electron chi connectivity index (χ2n) is 8.61. The SMILES string of the molecule is C[Si](C)(CCC1C[C@H]2C[C@H]3CCCC(=O)N(O2)C13)c1ccccc1. The summed E-state index contributed by atoms with van der Waals surface area (Å²) in [5.74, 6) is 1.55. The van der Waals surface area contributed by atoms with E-state index in [0.717, 1.165) is 12.8 Å².